The minimum Gasteiger partial charge on any atom is -0.393 e. The second-order valence-corrected chi connectivity index (χ2v) is 5.91. The van der Waals surface area contributed by atoms with Crippen molar-refractivity contribution in [2.45, 2.75) is 13.5 Å². The number of hydrogen-bond acceptors (Lipinski definition) is 8. The first-order chi connectivity index (χ1) is 13.2. The molecule has 136 valence electrons. The summed E-state index contributed by atoms with van der Waals surface area (Å²) in [5, 5.41) is 22.0. The largest absolute Gasteiger partial charge is 0.393 e. The highest BCUT2D eigenvalue weighted by atomic mass is 16.6. The Morgan fingerprint density at radius 3 is 3.07 bits per heavy atom. The van der Waals surface area contributed by atoms with Crippen molar-refractivity contribution in [3.63, 3.8) is 0 Å². The predicted molar refractivity (Wildman–Crippen MR) is 99.2 cm³/mol. The van der Waals surface area contributed by atoms with Crippen LogP contribution in [-0.4, -0.2) is 54.0 Å². The van der Waals surface area contributed by atoms with Gasteiger partial charge in [-0.2, -0.15) is 0 Å². The van der Waals surface area contributed by atoms with E-state index in [4.69, 9.17) is 9.94 Å². The van der Waals surface area contributed by atoms with Gasteiger partial charge in [-0.05, 0) is 30.7 Å². The van der Waals surface area contributed by atoms with E-state index < -0.39 is 0 Å². The van der Waals surface area contributed by atoms with Crippen molar-refractivity contribution in [1.29, 1.82) is 0 Å². The number of fused-ring (bicyclic) bond motifs is 2. The Morgan fingerprint density at radius 1 is 1.26 bits per heavy atom. The summed E-state index contributed by atoms with van der Waals surface area (Å²) in [7, 11) is 0. The van der Waals surface area contributed by atoms with Crippen LogP contribution >= 0.6 is 0 Å². The molecule has 1 N–H and O–H groups in total. The lowest BCUT2D eigenvalue weighted by atomic mass is 10.1. The number of nitrogens with zero attached hydrogens (tertiary/aromatic N) is 7. The molecule has 0 bridgehead atoms. The van der Waals surface area contributed by atoms with Crippen LogP contribution in [0.5, 0.6) is 0 Å². The minimum atomic E-state index is -0.0978. The Labute approximate surface area is 154 Å². The van der Waals surface area contributed by atoms with Crippen LogP contribution in [0.2, 0.25) is 0 Å². The van der Waals surface area contributed by atoms with Crippen LogP contribution in [0.15, 0.2) is 47.9 Å². The van der Waals surface area contributed by atoms with Crippen LogP contribution in [0.3, 0.4) is 0 Å². The van der Waals surface area contributed by atoms with E-state index in [2.05, 4.69) is 36.5 Å². The molecule has 0 unspecified atom stereocenters. The molecule has 27 heavy (non-hydrogen) atoms. The van der Waals surface area contributed by atoms with Crippen LogP contribution in [0, 0.1) is 0 Å². The van der Waals surface area contributed by atoms with Gasteiger partial charge in [-0.1, -0.05) is 22.5 Å². The average Bonchev–Trinajstić information content (AvgIpc) is 3.10. The third-order valence-electron chi connectivity index (χ3n) is 3.98. The summed E-state index contributed by atoms with van der Waals surface area (Å²) in [4.78, 5) is 18.2. The van der Waals surface area contributed by atoms with Gasteiger partial charge in [0.1, 0.15) is 18.0 Å². The molecule has 9 nitrogen and oxygen atoms in total. The lowest BCUT2D eigenvalue weighted by Crippen LogP contribution is -2.07. The zero-order valence-electron chi connectivity index (χ0n) is 14.6. The summed E-state index contributed by atoms with van der Waals surface area (Å²) in [5.74, 6) is 0. The fraction of sp³-hybridized carbons (Fsp3) is 0.222. The van der Waals surface area contributed by atoms with Crippen LogP contribution in [0.1, 0.15) is 18.2 Å². The molecule has 0 saturated heterocycles. The molecular formula is C18H17N7O2. The average molecular weight is 363 g/mol. The number of pyridine rings is 1. The second kappa shape index (κ2) is 7.42. The van der Waals surface area contributed by atoms with E-state index in [-0.39, 0.29) is 13.2 Å². The summed E-state index contributed by atoms with van der Waals surface area (Å²) >= 11 is 0. The van der Waals surface area contributed by atoms with E-state index in [0.717, 1.165) is 16.5 Å². The highest BCUT2D eigenvalue weighted by Crippen LogP contribution is 2.15. The molecule has 1 aromatic carbocycles. The van der Waals surface area contributed by atoms with Gasteiger partial charge in [0.15, 0.2) is 5.65 Å². The molecule has 0 radical (unpaired) electrons. The maximum absolute atomic E-state index is 8.76. The molecule has 0 aliphatic rings. The highest BCUT2D eigenvalue weighted by molar-refractivity contribution is 5.97. The monoisotopic (exact) mass is 363 g/mol. The molecule has 0 spiro atoms. The third kappa shape index (κ3) is 3.58. The molecule has 0 fully saturated rings. The maximum Gasteiger partial charge on any atom is 0.221 e. The van der Waals surface area contributed by atoms with E-state index in [1.54, 1.807) is 24.0 Å². The molecular weight excluding hydrogens is 346 g/mol. The third-order valence-corrected chi connectivity index (χ3v) is 3.98. The molecule has 9 heteroatoms. The summed E-state index contributed by atoms with van der Waals surface area (Å²) < 4.78 is 1.70. The summed E-state index contributed by atoms with van der Waals surface area (Å²) in [5.41, 5.74) is 4.16. The van der Waals surface area contributed by atoms with E-state index in [1.165, 1.54) is 0 Å². The topological polar surface area (TPSA) is 111 Å². The Bertz CT molecular complexity index is 1120. The van der Waals surface area contributed by atoms with Crippen LogP contribution in [0.25, 0.3) is 22.2 Å². The Kier molecular flexibility index (Phi) is 4.67. The van der Waals surface area contributed by atoms with Crippen LogP contribution < -0.4 is 0 Å². The molecule has 0 saturated carbocycles. The van der Waals surface area contributed by atoms with Gasteiger partial charge in [-0.15, -0.1) is 5.10 Å². The number of hydrogen-bond donors (Lipinski definition) is 1. The second-order valence-electron chi connectivity index (χ2n) is 5.91. The SMILES string of the molecule is CC(=NOCCO)c1cnc2nnn(Cc3ccc4ncccc4c3)c2n1. The molecule has 4 rings (SSSR count). The van der Waals surface area contributed by atoms with Crippen molar-refractivity contribution >= 4 is 27.9 Å². The van der Waals surface area contributed by atoms with Crippen molar-refractivity contribution < 1.29 is 9.94 Å². The first-order valence-corrected chi connectivity index (χ1v) is 8.42. The molecule has 0 atom stereocenters. The van der Waals surface area contributed by atoms with Crippen LogP contribution in [-0.2, 0) is 11.4 Å². The quantitative estimate of drug-likeness (QED) is 0.314. The Morgan fingerprint density at radius 2 is 2.19 bits per heavy atom. The molecule has 3 aromatic heterocycles. The van der Waals surface area contributed by atoms with Gasteiger partial charge < -0.3 is 9.94 Å². The van der Waals surface area contributed by atoms with Gasteiger partial charge >= 0.3 is 0 Å². The molecule has 0 amide bonds. The van der Waals surface area contributed by atoms with Crippen molar-refractivity contribution in [3.05, 3.63) is 54.0 Å². The smallest absolute Gasteiger partial charge is 0.221 e. The van der Waals surface area contributed by atoms with Gasteiger partial charge in [-0.3, -0.25) is 4.98 Å². The summed E-state index contributed by atoms with van der Waals surface area (Å²) in [6.45, 7) is 2.30. The molecule has 4 aromatic rings. The standard InChI is InChI=1S/C18H17N7O2/c1-12(23-27-8-7-26)16-10-20-17-18(21-16)25(24-22-17)11-13-4-5-15-14(9-13)3-2-6-19-15/h2-6,9-10,26H,7-8,11H2,1H3. The Balaban J connectivity index is 1.65. The van der Waals surface area contributed by atoms with E-state index in [1.807, 2.05) is 24.3 Å². The number of aliphatic hydroxyl groups excluding tert-OH is 1. The van der Waals surface area contributed by atoms with E-state index in [0.29, 0.717) is 29.2 Å². The van der Waals surface area contributed by atoms with Gasteiger partial charge in [0.2, 0.25) is 5.65 Å². The lowest BCUT2D eigenvalue weighted by molar-refractivity contribution is 0.0986. The number of benzene rings is 1. The first kappa shape index (κ1) is 17.0. The van der Waals surface area contributed by atoms with Gasteiger partial charge in [0.05, 0.1) is 24.9 Å². The summed E-state index contributed by atoms with van der Waals surface area (Å²) in [6.07, 6.45) is 3.35. The number of oxime groups is 1. The van der Waals surface area contributed by atoms with Crippen molar-refractivity contribution in [2.75, 3.05) is 13.2 Å². The number of aromatic nitrogens is 6. The summed E-state index contributed by atoms with van der Waals surface area (Å²) in [6, 6.07) is 10.00. The van der Waals surface area contributed by atoms with Gasteiger partial charge in [0, 0.05) is 11.6 Å². The zero-order valence-corrected chi connectivity index (χ0v) is 14.6. The highest BCUT2D eigenvalue weighted by Gasteiger charge is 2.11. The predicted octanol–water partition coefficient (Wildman–Crippen LogP) is 1.55. The zero-order chi connectivity index (χ0) is 18.6. The molecule has 0 aliphatic carbocycles. The van der Waals surface area contributed by atoms with Crippen LogP contribution in [0.4, 0.5) is 0 Å². The van der Waals surface area contributed by atoms with Crippen molar-refractivity contribution in [3.8, 4) is 0 Å². The Hall–Kier alpha value is -3.46. The fourth-order valence-corrected chi connectivity index (χ4v) is 2.66. The maximum atomic E-state index is 8.76. The minimum absolute atomic E-state index is 0.0978. The number of aliphatic hydroxyl groups is 1. The first-order valence-electron chi connectivity index (χ1n) is 8.42. The van der Waals surface area contributed by atoms with E-state index in [9.17, 15) is 0 Å². The van der Waals surface area contributed by atoms with E-state index >= 15 is 0 Å². The lowest BCUT2D eigenvalue weighted by Gasteiger charge is -2.05. The fourth-order valence-electron chi connectivity index (χ4n) is 2.66. The number of rotatable bonds is 6. The molecule has 0 aliphatic heterocycles. The van der Waals surface area contributed by atoms with Gasteiger partial charge in [-0.25, -0.2) is 14.6 Å². The van der Waals surface area contributed by atoms with Gasteiger partial charge in [0.25, 0.3) is 0 Å². The van der Waals surface area contributed by atoms with Crippen molar-refractivity contribution in [1.82, 2.24) is 29.9 Å². The molecule has 3 heterocycles. The normalized spacial score (nSPS) is 12.0. The van der Waals surface area contributed by atoms with Crippen molar-refractivity contribution in [2.24, 2.45) is 5.16 Å².